The topological polar surface area (TPSA) is 74.7 Å². The number of carbonyl (C=O) groups is 1. The Balaban J connectivity index is 2.63. The van der Waals surface area contributed by atoms with Crippen LogP contribution in [0.1, 0.15) is 13.3 Å². The van der Waals surface area contributed by atoms with Crippen molar-refractivity contribution < 1.29 is 17.8 Å². The number of amides is 1. The molecule has 1 aliphatic rings. The van der Waals surface area contributed by atoms with Crippen molar-refractivity contribution in [3.63, 3.8) is 0 Å². The first-order valence-corrected chi connectivity index (χ1v) is 7.22. The van der Waals surface area contributed by atoms with E-state index in [1.54, 1.807) is 0 Å². The molecule has 0 unspecified atom stereocenters. The van der Waals surface area contributed by atoms with Gasteiger partial charge in [-0.15, -0.1) is 0 Å². The SMILES string of the molecule is CC[C@@H]1SC(=S)N(CCS(=O)(=O)O)C1=O. The lowest BCUT2D eigenvalue weighted by atomic mass is 10.3. The highest BCUT2D eigenvalue weighted by Gasteiger charge is 2.35. The lowest BCUT2D eigenvalue weighted by Crippen LogP contribution is -2.35. The summed E-state index contributed by atoms with van der Waals surface area (Å²) in [6.45, 7) is 1.80. The summed E-state index contributed by atoms with van der Waals surface area (Å²) in [7, 11) is -4.05. The van der Waals surface area contributed by atoms with Gasteiger partial charge in [-0.25, -0.2) is 0 Å². The van der Waals surface area contributed by atoms with Gasteiger partial charge < -0.3 is 0 Å². The molecule has 0 aliphatic carbocycles. The van der Waals surface area contributed by atoms with Crippen LogP contribution in [0.15, 0.2) is 0 Å². The average molecular weight is 269 g/mol. The van der Waals surface area contributed by atoms with Crippen LogP contribution in [-0.2, 0) is 14.9 Å². The van der Waals surface area contributed by atoms with Crippen LogP contribution in [0.5, 0.6) is 0 Å². The molecule has 0 bridgehead atoms. The van der Waals surface area contributed by atoms with E-state index >= 15 is 0 Å². The Morgan fingerprint density at radius 2 is 2.20 bits per heavy atom. The zero-order valence-corrected chi connectivity index (χ0v) is 10.5. The van der Waals surface area contributed by atoms with Crippen molar-refractivity contribution in [2.45, 2.75) is 18.6 Å². The van der Waals surface area contributed by atoms with Crippen molar-refractivity contribution in [2.24, 2.45) is 0 Å². The summed E-state index contributed by atoms with van der Waals surface area (Å²) in [5.74, 6) is -0.647. The second-order valence-electron chi connectivity index (χ2n) is 3.06. The second-order valence-corrected chi connectivity index (χ2v) is 6.47. The lowest BCUT2D eigenvalue weighted by molar-refractivity contribution is -0.125. The maximum absolute atomic E-state index is 11.6. The fraction of sp³-hybridized carbons (Fsp3) is 0.714. The first-order chi connectivity index (χ1) is 6.85. The van der Waals surface area contributed by atoms with E-state index < -0.39 is 15.9 Å². The van der Waals surface area contributed by atoms with Gasteiger partial charge in [0.1, 0.15) is 4.32 Å². The van der Waals surface area contributed by atoms with Crippen LogP contribution in [-0.4, -0.2) is 45.6 Å². The van der Waals surface area contributed by atoms with Gasteiger partial charge in [0, 0.05) is 6.54 Å². The molecule has 86 valence electrons. The zero-order chi connectivity index (χ0) is 11.6. The minimum Gasteiger partial charge on any atom is -0.296 e. The van der Waals surface area contributed by atoms with Gasteiger partial charge in [0.15, 0.2) is 0 Å². The fourth-order valence-electron chi connectivity index (χ4n) is 1.17. The van der Waals surface area contributed by atoms with Crippen LogP contribution in [0.3, 0.4) is 0 Å². The molecular weight excluding hydrogens is 258 g/mol. The molecule has 15 heavy (non-hydrogen) atoms. The third kappa shape index (κ3) is 3.40. The van der Waals surface area contributed by atoms with Gasteiger partial charge in [0.2, 0.25) is 5.91 Å². The summed E-state index contributed by atoms with van der Waals surface area (Å²) in [6.07, 6.45) is 0.659. The number of hydrogen-bond donors (Lipinski definition) is 1. The predicted octanol–water partition coefficient (Wildman–Crippen LogP) is 0.513. The summed E-state index contributed by atoms with van der Waals surface area (Å²) in [4.78, 5) is 12.8. The molecule has 0 spiro atoms. The number of thioether (sulfide) groups is 1. The summed E-state index contributed by atoms with van der Waals surface area (Å²) >= 11 is 6.20. The van der Waals surface area contributed by atoms with Crippen LogP contribution in [0.4, 0.5) is 0 Å². The molecule has 8 heteroatoms. The molecule has 5 nitrogen and oxygen atoms in total. The summed E-state index contributed by atoms with van der Waals surface area (Å²) in [5, 5.41) is -0.209. The molecule has 0 saturated carbocycles. The van der Waals surface area contributed by atoms with E-state index in [4.69, 9.17) is 16.8 Å². The Bertz CT molecular complexity index is 378. The molecule has 1 atom stereocenters. The number of nitrogens with zero attached hydrogens (tertiary/aromatic N) is 1. The van der Waals surface area contributed by atoms with Gasteiger partial charge in [-0.05, 0) is 6.42 Å². The number of thiocarbonyl (C=S) groups is 1. The van der Waals surface area contributed by atoms with Gasteiger partial charge in [0.25, 0.3) is 10.1 Å². The molecule has 1 amide bonds. The molecule has 0 radical (unpaired) electrons. The second kappa shape index (κ2) is 4.77. The highest BCUT2D eigenvalue weighted by molar-refractivity contribution is 8.24. The predicted molar refractivity (Wildman–Crippen MR) is 62.4 cm³/mol. The maximum Gasteiger partial charge on any atom is 0.266 e. The van der Waals surface area contributed by atoms with E-state index in [0.717, 1.165) is 0 Å². The van der Waals surface area contributed by atoms with Gasteiger partial charge in [-0.1, -0.05) is 30.9 Å². The van der Waals surface area contributed by atoms with Crippen molar-refractivity contribution in [3.05, 3.63) is 0 Å². The minimum atomic E-state index is -4.05. The Hall–Kier alpha value is -0.180. The Morgan fingerprint density at radius 3 is 2.60 bits per heavy atom. The zero-order valence-electron chi connectivity index (χ0n) is 8.04. The van der Waals surface area contributed by atoms with Gasteiger partial charge in [-0.2, -0.15) is 8.42 Å². The molecule has 1 saturated heterocycles. The molecule has 0 aromatic heterocycles. The molecule has 1 rings (SSSR count). The van der Waals surface area contributed by atoms with E-state index in [0.29, 0.717) is 10.7 Å². The first-order valence-electron chi connectivity index (χ1n) is 4.32. The monoisotopic (exact) mass is 269 g/mol. The van der Waals surface area contributed by atoms with Crippen molar-refractivity contribution in [3.8, 4) is 0 Å². The Labute approximate surface area is 98.0 Å². The Morgan fingerprint density at radius 1 is 1.60 bits per heavy atom. The van der Waals surface area contributed by atoms with Gasteiger partial charge in [0.05, 0.1) is 11.0 Å². The lowest BCUT2D eigenvalue weighted by Gasteiger charge is -2.13. The molecule has 1 fully saturated rings. The largest absolute Gasteiger partial charge is 0.296 e. The molecular formula is C7H11NO4S3. The van der Waals surface area contributed by atoms with Crippen LogP contribution in [0, 0.1) is 0 Å². The van der Waals surface area contributed by atoms with Crippen molar-refractivity contribution in [2.75, 3.05) is 12.3 Å². The van der Waals surface area contributed by atoms with E-state index in [2.05, 4.69) is 0 Å². The smallest absolute Gasteiger partial charge is 0.266 e. The Kier molecular flexibility index (Phi) is 4.10. The minimum absolute atomic E-state index is 0.0694. The highest BCUT2D eigenvalue weighted by Crippen LogP contribution is 2.28. The third-order valence-corrected chi connectivity index (χ3v) is 4.40. The summed E-state index contributed by atoms with van der Waals surface area (Å²) < 4.78 is 30.0. The molecule has 0 aromatic rings. The van der Waals surface area contributed by atoms with Crippen LogP contribution >= 0.6 is 24.0 Å². The van der Waals surface area contributed by atoms with Gasteiger partial charge in [-0.3, -0.25) is 14.2 Å². The highest BCUT2D eigenvalue weighted by atomic mass is 32.2. The summed E-state index contributed by atoms with van der Waals surface area (Å²) in [6, 6.07) is 0. The normalized spacial score (nSPS) is 22.5. The van der Waals surface area contributed by atoms with Crippen LogP contribution in [0.25, 0.3) is 0 Å². The standard InChI is InChI=1S/C7H11NO4S3/c1-2-5-6(9)8(7(13)14-5)3-4-15(10,11)12/h5H,2-4H2,1H3,(H,10,11,12)/t5-/m0/s1. The van der Waals surface area contributed by atoms with E-state index in [1.807, 2.05) is 6.92 Å². The molecule has 1 heterocycles. The van der Waals surface area contributed by atoms with E-state index in [-0.39, 0.29) is 17.7 Å². The van der Waals surface area contributed by atoms with Crippen LogP contribution in [0.2, 0.25) is 0 Å². The summed E-state index contributed by atoms with van der Waals surface area (Å²) in [5.41, 5.74) is 0. The molecule has 1 N–H and O–H groups in total. The quantitative estimate of drug-likeness (QED) is 0.592. The molecule has 1 aliphatic heterocycles. The number of carbonyl (C=O) groups excluding carboxylic acids is 1. The van der Waals surface area contributed by atoms with Gasteiger partial charge >= 0.3 is 0 Å². The van der Waals surface area contributed by atoms with E-state index in [9.17, 15) is 13.2 Å². The molecule has 0 aromatic carbocycles. The van der Waals surface area contributed by atoms with Crippen molar-refractivity contribution in [1.82, 2.24) is 4.90 Å². The van der Waals surface area contributed by atoms with Crippen molar-refractivity contribution in [1.29, 1.82) is 0 Å². The third-order valence-electron chi connectivity index (χ3n) is 1.95. The van der Waals surface area contributed by atoms with Crippen LogP contribution < -0.4 is 0 Å². The maximum atomic E-state index is 11.6. The first kappa shape index (κ1) is 12.9. The number of rotatable bonds is 4. The van der Waals surface area contributed by atoms with Crippen molar-refractivity contribution >= 4 is 44.3 Å². The van der Waals surface area contributed by atoms with E-state index in [1.165, 1.54) is 16.7 Å². The number of hydrogen-bond acceptors (Lipinski definition) is 5. The average Bonchev–Trinajstić information content (AvgIpc) is 2.37. The fourth-order valence-corrected chi connectivity index (χ4v) is 3.06.